The molecule has 1 aliphatic carbocycles. The first kappa shape index (κ1) is 17.8. The first-order chi connectivity index (χ1) is 13.0. The third kappa shape index (κ3) is 3.62. The molecular formula is C19H19FN4O2S. The summed E-state index contributed by atoms with van der Waals surface area (Å²) >= 11 is 1.36. The van der Waals surface area contributed by atoms with Gasteiger partial charge in [-0.15, -0.1) is 11.3 Å². The monoisotopic (exact) mass is 386 g/mol. The van der Waals surface area contributed by atoms with Crippen LogP contribution in [-0.2, 0) is 11.3 Å². The largest absolute Gasteiger partial charge is 0.352 e. The van der Waals surface area contributed by atoms with Crippen molar-refractivity contribution in [2.45, 2.75) is 45.2 Å². The number of aryl methyl sites for hydroxylation is 1. The second kappa shape index (κ2) is 7.19. The van der Waals surface area contributed by atoms with E-state index in [1.807, 2.05) is 6.92 Å². The van der Waals surface area contributed by atoms with Crippen LogP contribution in [0.5, 0.6) is 0 Å². The van der Waals surface area contributed by atoms with Crippen molar-refractivity contribution in [3.63, 3.8) is 0 Å². The number of carbonyl (C=O) groups excluding carboxylic acids is 1. The minimum Gasteiger partial charge on any atom is -0.352 e. The molecule has 0 atom stereocenters. The highest BCUT2D eigenvalue weighted by atomic mass is 32.1. The summed E-state index contributed by atoms with van der Waals surface area (Å²) in [5.74, 6) is -0.576. The molecule has 0 spiro atoms. The topological polar surface area (TPSA) is 76.9 Å². The Kier molecular flexibility index (Phi) is 4.73. The number of hydrogen-bond donors (Lipinski definition) is 1. The predicted octanol–water partition coefficient (Wildman–Crippen LogP) is 3.03. The summed E-state index contributed by atoms with van der Waals surface area (Å²) in [5.41, 5.74) is 1.11. The van der Waals surface area contributed by atoms with E-state index in [0.29, 0.717) is 21.5 Å². The van der Waals surface area contributed by atoms with Crippen molar-refractivity contribution in [3.8, 4) is 11.3 Å². The summed E-state index contributed by atoms with van der Waals surface area (Å²) in [4.78, 5) is 29.5. The first-order valence-corrected chi connectivity index (χ1v) is 9.76. The molecule has 2 heterocycles. The van der Waals surface area contributed by atoms with Crippen molar-refractivity contribution in [1.82, 2.24) is 20.1 Å². The van der Waals surface area contributed by atoms with Crippen molar-refractivity contribution in [2.75, 3.05) is 0 Å². The molecule has 1 saturated carbocycles. The Balaban J connectivity index is 1.74. The number of nitrogens with one attached hydrogen (secondary N) is 1. The van der Waals surface area contributed by atoms with E-state index in [4.69, 9.17) is 0 Å². The lowest BCUT2D eigenvalue weighted by Gasteiger charge is -2.13. The van der Waals surface area contributed by atoms with Crippen LogP contribution < -0.4 is 10.9 Å². The summed E-state index contributed by atoms with van der Waals surface area (Å²) in [6.45, 7) is 1.66. The van der Waals surface area contributed by atoms with Gasteiger partial charge in [0, 0.05) is 11.6 Å². The molecule has 0 aliphatic heterocycles. The SMILES string of the molecule is Cc1nc2c(=O)n(CC(=O)NC3CCCC3)nc(-c3ccc(F)cc3)c2s1. The molecule has 8 heteroatoms. The zero-order valence-corrected chi connectivity index (χ0v) is 15.7. The highest BCUT2D eigenvalue weighted by Gasteiger charge is 2.20. The number of amides is 1. The van der Waals surface area contributed by atoms with Crippen LogP contribution in [0, 0.1) is 12.7 Å². The Morgan fingerprint density at radius 3 is 2.70 bits per heavy atom. The molecule has 27 heavy (non-hydrogen) atoms. The number of nitrogens with zero attached hydrogens (tertiary/aromatic N) is 3. The molecule has 1 aromatic carbocycles. The molecule has 140 valence electrons. The van der Waals surface area contributed by atoms with Gasteiger partial charge in [0.1, 0.15) is 18.1 Å². The minimum absolute atomic E-state index is 0.157. The molecule has 0 radical (unpaired) electrons. The van der Waals surface area contributed by atoms with Crippen molar-refractivity contribution in [3.05, 3.63) is 45.4 Å². The number of fused-ring (bicyclic) bond motifs is 1. The molecule has 3 aromatic rings. The number of carbonyl (C=O) groups is 1. The Bertz CT molecular complexity index is 1050. The second-order valence-corrected chi connectivity index (χ2v) is 7.98. The van der Waals surface area contributed by atoms with Gasteiger partial charge in [0.25, 0.3) is 5.56 Å². The fourth-order valence-corrected chi connectivity index (χ4v) is 4.37. The van der Waals surface area contributed by atoms with Gasteiger partial charge in [-0.3, -0.25) is 9.59 Å². The predicted molar refractivity (Wildman–Crippen MR) is 102 cm³/mol. The maximum absolute atomic E-state index is 13.3. The summed E-state index contributed by atoms with van der Waals surface area (Å²) in [6.07, 6.45) is 4.17. The van der Waals surface area contributed by atoms with Crippen molar-refractivity contribution >= 4 is 27.5 Å². The van der Waals surface area contributed by atoms with Crippen LogP contribution >= 0.6 is 11.3 Å². The number of benzene rings is 1. The quantitative estimate of drug-likeness (QED) is 0.748. The Morgan fingerprint density at radius 2 is 2.00 bits per heavy atom. The van der Waals surface area contributed by atoms with Gasteiger partial charge in [-0.05, 0) is 44.0 Å². The fourth-order valence-electron chi connectivity index (χ4n) is 3.45. The third-order valence-electron chi connectivity index (χ3n) is 4.74. The molecule has 0 saturated heterocycles. The van der Waals surface area contributed by atoms with Crippen LogP contribution in [0.4, 0.5) is 4.39 Å². The smallest absolute Gasteiger partial charge is 0.294 e. The van der Waals surface area contributed by atoms with E-state index in [0.717, 1.165) is 35.4 Å². The van der Waals surface area contributed by atoms with E-state index in [9.17, 15) is 14.0 Å². The molecule has 1 aliphatic rings. The van der Waals surface area contributed by atoms with E-state index in [-0.39, 0.29) is 29.9 Å². The lowest BCUT2D eigenvalue weighted by Crippen LogP contribution is -2.38. The minimum atomic E-state index is -0.387. The van der Waals surface area contributed by atoms with Gasteiger partial charge < -0.3 is 5.32 Å². The lowest BCUT2D eigenvalue weighted by atomic mass is 10.1. The van der Waals surface area contributed by atoms with E-state index >= 15 is 0 Å². The van der Waals surface area contributed by atoms with Crippen LogP contribution in [0.25, 0.3) is 21.5 Å². The maximum atomic E-state index is 13.3. The fraction of sp³-hybridized carbons (Fsp3) is 0.368. The van der Waals surface area contributed by atoms with E-state index in [1.54, 1.807) is 12.1 Å². The number of hydrogen-bond acceptors (Lipinski definition) is 5. The number of thiazole rings is 1. The van der Waals surface area contributed by atoms with E-state index < -0.39 is 0 Å². The summed E-state index contributed by atoms with van der Waals surface area (Å²) in [5, 5.41) is 8.12. The van der Waals surface area contributed by atoms with Gasteiger partial charge in [-0.25, -0.2) is 14.1 Å². The molecule has 1 N–H and O–H groups in total. The molecule has 1 amide bonds. The summed E-state index contributed by atoms with van der Waals surface area (Å²) in [7, 11) is 0. The first-order valence-electron chi connectivity index (χ1n) is 8.95. The molecular weight excluding hydrogens is 367 g/mol. The molecule has 4 rings (SSSR count). The van der Waals surface area contributed by atoms with Gasteiger partial charge in [0.05, 0.1) is 9.71 Å². The highest BCUT2D eigenvalue weighted by Crippen LogP contribution is 2.29. The number of halogens is 1. The summed E-state index contributed by atoms with van der Waals surface area (Å²) in [6, 6.07) is 6.09. The zero-order valence-electron chi connectivity index (χ0n) is 14.9. The van der Waals surface area contributed by atoms with E-state index in [1.165, 1.54) is 23.5 Å². The number of rotatable bonds is 4. The molecule has 2 aromatic heterocycles. The lowest BCUT2D eigenvalue weighted by molar-refractivity contribution is -0.122. The van der Waals surface area contributed by atoms with Gasteiger partial charge in [0.15, 0.2) is 5.52 Å². The van der Waals surface area contributed by atoms with Crippen molar-refractivity contribution < 1.29 is 9.18 Å². The molecule has 6 nitrogen and oxygen atoms in total. The van der Waals surface area contributed by atoms with Crippen LogP contribution in [-0.4, -0.2) is 26.7 Å². The van der Waals surface area contributed by atoms with Crippen LogP contribution in [0.1, 0.15) is 30.7 Å². The molecule has 1 fully saturated rings. The summed E-state index contributed by atoms with van der Waals surface area (Å²) < 4.78 is 15.1. The van der Waals surface area contributed by atoms with Gasteiger partial charge in [-0.2, -0.15) is 5.10 Å². The van der Waals surface area contributed by atoms with Gasteiger partial charge in [-0.1, -0.05) is 12.8 Å². The normalized spacial score (nSPS) is 14.7. The Hall–Kier alpha value is -2.61. The Labute approximate surface area is 159 Å². The van der Waals surface area contributed by atoms with Crippen molar-refractivity contribution in [2.24, 2.45) is 0 Å². The second-order valence-electron chi connectivity index (χ2n) is 6.78. The van der Waals surface area contributed by atoms with Crippen molar-refractivity contribution in [1.29, 1.82) is 0 Å². The average Bonchev–Trinajstić information content (AvgIpc) is 3.28. The maximum Gasteiger partial charge on any atom is 0.294 e. The van der Waals surface area contributed by atoms with Crippen LogP contribution in [0.3, 0.4) is 0 Å². The van der Waals surface area contributed by atoms with Gasteiger partial charge in [0.2, 0.25) is 5.91 Å². The van der Waals surface area contributed by atoms with Gasteiger partial charge >= 0.3 is 0 Å². The van der Waals surface area contributed by atoms with Crippen LogP contribution in [0.15, 0.2) is 29.1 Å². The third-order valence-corrected chi connectivity index (χ3v) is 5.72. The average molecular weight is 386 g/mol. The molecule has 0 unspecified atom stereocenters. The number of aromatic nitrogens is 3. The van der Waals surface area contributed by atoms with E-state index in [2.05, 4.69) is 15.4 Å². The Morgan fingerprint density at radius 1 is 1.30 bits per heavy atom. The standard InChI is InChI=1S/C19H19FN4O2S/c1-11-21-17-18(27-11)16(12-6-8-13(20)9-7-12)23-24(19(17)26)10-15(25)22-14-4-2-3-5-14/h6-9,14H,2-5,10H2,1H3,(H,22,25). The van der Waals surface area contributed by atoms with Crippen LogP contribution in [0.2, 0.25) is 0 Å². The highest BCUT2D eigenvalue weighted by molar-refractivity contribution is 7.19. The zero-order chi connectivity index (χ0) is 19.0. The molecule has 0 bridgehead atoms.